The molecule has 0 radical (unpaired) electrons. The maximum Gasteiger partial charge on any atom is 0.229 e. The van der Waals surface area contributed by atoms with Gasteiger partial charge in [0, 0.05) is 31.1 Å². The van der Waals surface area contributed by atoms with Crippen LogP contribution in [0.4, 0.5) is 5.69 Å². The number of rotatable bonds is 6. The van der Waals surface area contributed by atoms with Gasteiger partial charge in [-0.25, -0.2) is 0 Å². The van der Waals surface area contributed by atoms with Crippen LogP contribution in [0, 0.1) is 0 Å². The maximum absolute atomic E-state index is 12.3. The number of aryl methyl sites for hydroxylation is 1. The minimum Gasteiger partial charge on any atom is -0.497 e. The lowest BCUT2D eigenvalue weighted by Crippen LogP contribution is -2.37. The van der Waals surface area contributed by atoms with E-state index in [-0.39, 0.29) is 17.9 Å². The van der Waals surface area contributed by atoms with E-state index < -0.39 is 0 Å². The number of ether oxygens (including phenoxy) is 1. The van der Waals surface area contributed by atoms with Gasteiger partial charge in [-0.3, -0.25) is 9.59 Å². The van der Waals surface area contributed by atoms with Gasteiger partial charge in [-0.1, -0.05) is 36.4 Å². The Morgan fingerprint density at radius 1 is 1.20 bits per heavy atom. The first-order valence-corrected chi connectivity index (χ1v) is 8.43. The lowest BCUT2D eigenvalue weighted by Gasteiger charge is -2.18. The molecule has 0 aliphatic carbocycles. The van der Waals surface area contributed by atoms with Crippen LogP contribution < -0.4 is 15.0 Å². The summed E-state index contributed by atoms with van der Waals surface area (Å²) in [6.45, 7) is 0.489. The van der Waals surface area contributed by atoms with Crippen molar-refractivity contribution in [1.29, 1.82) is 0 Å². The van der Waals surface area contributed by atoms with Crippen molar-refractivity contribution in [2.24, 2.45) is 0 Å². The molecule has 5 heteroatoms. The SMILES string of the molecule is COc1cccc(N2C[C@@H](NC(=O)CCc3ccccc3)CC2=O)c1. The number of methoxy groups -OCH3 is 1. The van der Waals surface area contributed by atoms with E-state index in [1.165, 1.54) is 0 Å². The zero-order valence-corrected chi connectivity index (χ0v) is 14.3. The van der Waals surface area contributed by atoms with Crippen LogP contribution >= 0.6 is 0 Å². The van der Waals surface area contributed by atoms with E-state index in [2.05, 4.69) is 5.32 Å². The lowest BCUT2D eigenvalue weighted by atomic mass is 10.1. The third kappa shape index (κ3) is 4.38. The smallest absolute Gasteiger partial charge is 0.229 e. The molecule has 1 saturated heterocycles. The second-order valence-corrected chi connectivity index (χ2v) is 6.16. The molecule has 0 unspecified atom stereocenters. The predicted molar refractivity (Wildman–Crippen MR) is 96.7 cm³/mol. The molecule has 2 amide bonds. The van der Waals surface area contributed by atoms with Crippen LogP contribution in [0.25, 0.3) is 0 Å². The fourth-order valence-corrected chi connectivity index (χ4v) is 3.03. The van der Waals surface area contributed by atoms with E-state index in [0.717, 1.165) is 11.3 Å². The fourth-order valence-electron chi connectivity index (χ4n) is 3.03. The van der Waals surface area contributed by atoms with Crippen molar-refractivity contribution < 1.29 is 14.3 Å². The van der Waals surface area contributed by atoms with E-state index in [1.54, 1.807) is 12.0 Å². The highest BCUT2D eigenvalue weighted by atomic mass is 16.5. The molecule has 5 nitrogen and oxygen atoms in total. The summed E-state index contributed by atoms with van der Waals surface area (Å²) in [4.78, 5) is 26.1. The van der Waals surface area contributed by atoms with Crippen LogP contribution in [0.3, 0.4) is 0 Å². The number of carbonyl (C=O) groups excluding carboxylic acids is 2. The summed E-state index contributed by atoms with van der Waals surface area (Å²) in [7, 11) is 1.60. The molecule has 1 aliphatic rings. The van der Waals surface area contributed by atoms with Crippen molar-refractivity contribution in [1.82, 2.24) is 5.32 Å². The van der Waals surface area contributed by atoms with Crippen molar-refractivity contribution in [3.8, 4) is 5.75 Å². The number of hydrogen-bond acceptors (Lipinski definition) is 3. The Labute approximate surface area is 147 Å². The summed E-state index contributed by atoms with van der Waals surface area (Å²) in [6, 6.07) is 17.2. The van der Waals surface area contributed by atoms with Gasteiger partial charge in [-0.15, -0.1) is 0 Å². The molecular weight excluding hydrogens is 316 g/mol. The van der Waals surface area contributed by atoms with Gasteiger partial charge in [0.15, 0.2) is 0 Å². The zero-order chi connectivity index (χ0) is 17.6. The first-order chi connectivity index (χ1) is 12.2. The normalized spacial score (nSPS) is 16.8. The number of hydrogen-bond donors (Lipinski definition) is 1. The van der Waals surface area contributed by atoms with Gasteiger partial charge in [-0.2, -0.15) is 0 Å². The number of benzene rings is 2. The van der Waals surface area contributed by atoms with Crippen molar-refractivity contribution >= 4 is 17.5 Å². The van der Waals surface area contributed by atoms with E-state index >= 15 is 0 Å². The quantitative estimate of drug-likeness (QED) is 0.881. The zero-order valence-electron chi connectivity index (χ0n) is 14.3. The molecule has 1 fully saturated rings. The van der Waals surface area contributed by atoms with E-state index in [4.69, 9.17) is 4.74 Å². The summed E-state index contributed by atoms with van der Waals surface area (Å²) in [5, 5.41) is 2.98. The van der Waals surface area contributed by atoms with Crippen molar-refractivity contribution in [2.45, 2.75) is 25.3 Å². The third-order valence-electron chi connectivity index (χ3n) is 4.34. The Balaban J connectivity index is 1.54. The molecular formula is C20H22N2O3. The average molecular weight is 338 g/mol. The molecule has 1 heterocycles. The summed E-state index contributed by atoms with van der Waals surface area (Å²) in [6.07, 6.45) is 1.45. The number of carbonyl (C=O) groups is 2. The summed E-state index contributed by atoms with van der Waals surface area (Å²) in [5.74, 6) is 0.705. The lowest BCUT2D eigenvalue weighted by molar-refractivity contribution is -0.121. The van der Waals surface area contributed by atoms with E-state index in [0.29, 0.717) is 31.6 Å². The van der Waals surface area contributed by atoms with Crippen LogP contribution in [0.1, 0.15) is 18.4 Å². The monoisotopic (exact) mass is 338 g/mol. The molecule has 130 valence electrons. The molecule has 2 aromatic rings. The summed E-state index contributed by atoms with van der Waals surface area (Å²) in [5.41, 5.74) is 1.93. The molecule has 3 rings (SSSR count). The molecule has 0 spiro atoms. The largest absolute Gasteiger partial charge is 0.497 e. The highest BCUT2D eigenvalue weighted by Gasteiger charge is 2.31. The van der Waals surface area contributed by atoms with Crippen LogP contribution in [0.15, 0.2) is 54.6 Å². The Bertz CT molecular complexity index is 746. The highest BCUT2D eigenvalue weighted by Crippen LogP contribution is 2.25. The second kappa shape index (κ2) is 7.83. The molecule has 1 aliphatic heterocycles. The van der Waals surface area contributed by atoms with Crippen molar-refractivity contribution in [3.05, 3.63) is 60.2 Å². The third-order valence-corrected chi connectivity index (χ3v) is 4.34. The fraction of sp³-hybridized carbons (Fsp3) is 0.300. The summed E-state index contributed by atoms with van der Waals surface area (Å²) < 4.78 is 5.21. The number of nitrogens with zero attached hydrogens (tertiary/aromatic N) is 1. The molecule has 0 aromatic heterocycles. The molecule has 1 N–H and O–H groups in total. The van der Waals surface area contributed by atoms with Crippen LogP contribution in [-0.2, 0) is 16.0 Å². The summed E-state index contributed by atoms with van der Waals surface area (Å²) >= 11 is 0. The van der Waals surface area contributed by atoms with Gasteiger partial charge in [0.2, 0.25) is 11.8 Å². The first kappa shape index (κ1) is 17.0. The number of anilines is 1. The molecule has 0 bridgehead atoms. The van der Waals surface area contributed by atoms with Crippen molar-refractivity contribution in [3.63, 3.8) is 0 Å². The van der Waals surface area contributed by atoms with Crippen molar-refractivity contribution in [2.75, 3.05) is 18.6 Å². The van der Waals surface area contributed by atoms with E-state index in [9.17, 15) is 9.59 Å². The number of amides is 2. The Kier molecular flexibility index (Phi) is 5.33. The van der Waals surface area contributed by atoms with E-state index in [1.807, 2.05) is 54.6 Å². The Morgan fingerprint density at radius 2 is 2.00 bits per heavy atom. The standard InChI is InChI=1S/C20H22N2O3/c1-25-18-9-5-8-17(13-18)22-14-16(12-20(22)24)21-19(23)11-10-15-6-3-2-4-7-15/h2-9,13,16H,10-12,14H2,1H3,(H,21,23)/t16-/m0/s1. The maximum atomic E-state index is 12.3. The van der Waals surface area contributed by atoms with Gasteiger partial charge in [0.1, 0.15) is 5.75 Å². The second-order valence-electron chi connectivity index (χ2n) is 6.16. The molecule has 2 aromatic carbocycles. The minimum atomic E-state index is -0.151. The van der Waals surface area contributed by atoms with Crippen LogP contribution in [-0.4, -0.2) is 31.5 Å². The minimum absolute atomic E-state index is 0.0154. The van der Waals surface area contributed by atoms with Crippen LogP contribution in [0.2, 0.25) is 0 Å². The van der Waals surface area contributed by atoms with Gasteiger partial charge in [0.05, 0.1) is 13.2 Å². The average Bonchev–Trinajstić information content (AvgIpc) is 3.01. The first-order valence-electron chi connectivity index (χ1n) is 8.43. The molecule has 25 heavy (non-hydrogen) atoms. The topological polar surface area (TPSA) is 58.6 Å². The Hall–Kier alpha value is -2.82. The molecule has 1 atom stereocenters. The predicted octanol–water partition coefficient (Wildman–Crippen LogP) is 2.55. The van der Waals surface area contributed by atoms with Crippen LogP contribution in [0.5, 0.6) is 5.75 Å². The number of nitrogens with one attached hydrogen (secondary N) is 1. The highest BCUT2D eigenvalue weighted by molar-refractivity contribution is 5.97. The van der Waals surface area contributed by atoms with Gasteiger partial charge >= 0.3 is 0 Å². The Morgan fingerprint density at radius 3 is 2.76 bits per heavy atom. The molecule has 0 saturated carbocycles. The van der Waals surface area contributed by atoms with Gasteiger partial charge in [-0.05, 0) is 24.1 Å². The van der Waals surface area contributed by atoms with Gasteiger partial charge < -0.3 is 15.0 Å². The van der Waals surface area contributed by atoms with Gasteiger partial charge in [0.25, 0.3) is 0 Å².